The first kappa shape index (κ1) is 24.8. The van der Waals surface area contributed by atoms with Gasteiger partial charge < -0.3 is 10.1 Å². The van der Waals surface area contributed by atoms with Gasteiger partial charge in [0.25, 0.3) is 5.56 Å². The third kappa shape index (κ3) is 5.94. The number of hydrogen-bond acceptors (Lipinski definition) is 6. The van der Waals surface area contributed by atoms with E-state index in [0.29, 0.717) is 21.1 Å². The highest BCUT2D eigenvalue weighted by atomic mass is 35.5. The van der Waals surface area contributed by atoms with E-state index in [9.17, 15) is 14.4 Å². The summed E-state index contributed by atoms with van der Waals surface area (Å²) in [5, 5.41) is 3.66. The Labute approximate surface area is 201 Å². The summed E-state index contributed by atoms with van der Waals surface area (Å²) >= 11 is 7.51. The molecule has 0 aliphatic heterocycles. The first-order valence-corrected chi connectivity index (χ1v) is 11.6. The van der Waals surface area contributed by atoms with Crippen LogP contribution in [-0.2, 0) is 16.1 Å². The lowest BCUT2D eigenvalue weighted by Crippen LogP contribution is -2.44. The molecular formula is C24H26ClN3O4S. The van der Waals surface area contributed by atoms with Crippen molar-refractivity contribution in [3.05, 3.63) is 69.0 Å². The maximum absolute atomic E-state index is 13.4. The van der Waals surface area contributed by atoms with Crippen molar-refractivity contribution in [2.24, 2.45) is 0 Å². The predicted molar refractivity (Wildman–Crippen MR) is 131 cm³/mol. The predicted octanol–water partition coefficient (Wildman–Crippen LogP) is 4.28. The van der Waals surface area contributed by atoms with Gasteiger partial charge in [-0.1, -0.05) is 41.6 Å². The van der Waals surface area contributed by atoms with Crippen LogP contribution in [0.1, 0.15) is 43.6 Å². The molecule has 1 N–H and O–H groups in total. The average Bonchev–Trinajstić information content (AvgIpc) is 2.75. The Bertz CT molecular complexity index is 1270. The molecule has 0 aliphatic carbocycles. The van der Waals surface area contributed by atoms with Gasteiger partial charge in [0.1, 0.15) is 0 Å². The molecule has 174 valence electrons. The van der Waals surface area contributed by atoms with Crippen LogP contribution in [0, 0.1) is 0 Å². The molecule has 1 atom stereocenters. The van der Waals surface area contributed by atoms with E-state index in [1.165, 1.54) is 35.6 Å². The Morgan fingerprint density at radius 3 is 2.55 bits per heavy atom. The summed E-state index contributed by atoms with van der Waals surface area (Å²) in [6.07, 6.45) is 0. The lowest BCUT2D eigenvalue weighted by molar-refractivity contribution is -0.121. The number of carbonyl (C=O) groups excluding carboxylic acids is 2. The number of nitrogens with zero attached hydrogens (tertiary/aromatic N) is 2. The van der Waals surface area contributed by atoms with Crippen LogP contribution >= 0.6 is 23.4 Å². The van der Waals surface area contributed by atoms with E-state index in [2.05, 4.69) is 10.3 Å². The molecule has 0 spiro atoms. The first-order valence-electron chi connectivity index (χ1n) is 10.3. The van der Waals surface area contributed by atoms with Crippen LogP contribution < -0.4 is 10.9 Å². The third-order valence-corrected chi connectivity index (χ3v) is 6.24. The minimum absolute atomic E-state index is 0.172. The Morgan fingerprint density at radius 2 is 1.91 bits per heavy atom. The van der Waals surface area contributed by atoms with Gasteiger partial charge in [-0.05, 0) is 57.5 Å². The quantitative estimate of drug-likeness (QED) is 0.317. The minimum atomic E-state index is -0.522. The molecule has 0 bridgehead atoms. The summed E-state index contributed by atoms with van der Waals surface area (Å²) in [5.41, 5.74) is 0.707. The number of aromatic nitrogens is 2. The maximum atomic E-state index is 13.4. The van der Waals surface area contributed by atoms with E-state index in [1.807, 2.05) is 39.0 Å². The molecule has 0 saturated carbocycles. The number of ether oxygens (including phenoxy) is 1. The maximum Gasteiger partial charge on any atom is 0.337 e. The summed E-state index contributed by atoms with van der Waals surface area (Å²) in [4.78, 5) is 42.8. The number of thioether (sulfide) groups is 1. The number of hydrogen-bond donors (Lipinski definition) is 1. The summed E-state index contributed by atoms with van der Waals surface area (Å²) in [6.45, 7) is 7.65. The van der Waals surface area contributed by atoms with Gasteiger partial charge in [0, 0.05) is 10.6 Å². The van der Waals surface area contributed by atoms with Crippen LogP contribution in [0.4, 0.5) is 0 Å². The highest BCUT2D eigenvalue weighted by Gasteiger charge is 2.23. The van der Waals surface area contributed by atoms with Gasteiger partial charge in [0.05, 0.1) is 35.4 Å². The molecule has 0 radical (unpaired) electrons. The monoisotopic (exact) mass is 487 g/mol. The molecule has 1 unspecified atom stereocenters. The zero-order valence-corrected chi connectivity index (χ0v) is 20.7. The van der Waals surface area contributed by atoms with E-state index < -0.39 is 16.8 Å². The summed E-state index contributed by atoms with van der Waals surface area (Å²) in [5.74, 6) is -0.694. The largest absolute Gasteiger partial charge is 0.465 e. The smallest absolute Gasteiger partial charge is 0.337 e. The fourth-order valence-electron chi connectivity index (χ4n) is 3.15. The molecular weight excluding hydrogens is 462 g/mol. The second kappa shape index (κ2) is 9.97. The second-order valence-electron chi connectivity index (χ2n) is 8.60. The van der Waals surface area contributed by atoms with Crippen molar-refractivity contribution in [2.45, 2.75) is 50.2 Å². The molecule has 3 rings (SSSR count). The number of nitrogens with one attached hydrogen (secondary N) is 1. The van der Waals surface area contributed by atoms with Crippen LogP contribution in [0.5, 0.6) is 0 Å². The van der Waals surface area contributed by atoms with Crippen LogP contribution in [-0.4, -0.2) is 39.3 Å². The van der Waals surface area contributed by atoms with E-state index in [1.54, 1.807) is 19.1 Å². The number of amides is 1. The zero-order valence-electron chi connectivity index (χ0n) is 19.1. The molecule has 1 heterocycles. The van der Waals surface area contributed by atoms with Crippen molar-refractivity contribution in [3.8, 4) is 0 Å². The van der Waals surface area contributed by atoms with E-state index >= 15 is 0 Å². The zero-order chi connectivity index (χ0) is 24.3. The second-order valence-corrected chi connectivity index (χ2v) is 10.3. The molecule has 7 nitrogen and oxygen atoms in total. The molecule has 9 heteroatoms. The topological polar surface area (TPSA) is 90.3 Å². The van der Waals surface area contributed by atoms with Crippen molar-refractivity contribution in [2.75, 3.05) is 7.11 Å². The average molecular weight is 488 g/mol. The Kier molecular flexibility index (Phi) is 7.49. The van der Waals surface area contributed by atoms with E-state index in [-0.39, 0.29) is 23.6 Å². The number of esters is 1. The number of methoxy groups -OCH3 is 1. The number of benzene rings is 2. The molecule has 3 aromatic rings. The Hall–Kier alpha value is -2.84. The number of rotatable bonds is 6. The van der Waals surface area contributed by atoms with Crippen LogP contribution in [0.25, 0.3) is 10.9 Å². The minimum Gasteiger partial charge on any atom is -0.465 e. The van der Waals surface area contributed by atoms with Crippen molar-refractivity contribution in [3.63, 3.8) is 0 Å². The van der Waals surface area contributed by atoms with Gasteiger partial charge in [-0.2, -0.15) is 0 Å². The Morgan fingerprint density at radius 1 is 1.21 bits per heavy atom. The van der Waals surface area contributed by atoms with Crippen molar-refractivity contribution >= 4 is 46.1 Å². The first-order chi connectivity index (χ1) is 15.5. The van der Waals surface area contributed by atoms with Crippen molar-refractivity contribution in [1.82, 2.24) is 14.9 Å². The molecule has 0 aliphatic rings. The van der Waals surface area contributed by atoms with Crippen LogP contribution in [0.2, 0.25) is 5.02 Å². The molecule has 0 fully saturated rings. The summed E-state index contributed by atoms with van der Waals surface area (Å²) in [6, 6.07) is 11.9. The van der Waals surface area contributed by atoms with Gasteiger partial charge in [-0.25, -0.2) is 9.78 Å². The Balaban J connectivity index is 2.12. The van der Waals surface area contributed by atoms with E-state index in [4.69, 9.17) is 16.3 Å². The SMILES string of the molecule is COC(=O)c1ccc2c(=O)n(Cc3ccccc3Cl)c(SC(C)C(=O)NC(C)(C)C)nc2c1. The lowest BCUT2D eigenvalue weighted by Gasteiger charge is -2.23. The fraction of sp³-hybridized carbons (Fsp3) is 0.333. The van der Waals surface area contributed by atoms with Gasteiger partial charge in [-0.15, -0.1) is 0 Å². The normalized spacial score (nSPS) is 12.4. The number of fused-ring (bicyclic) bond motifs is 1. The summed E-state index contributed by atoms with van der Waals surface area (Å²) in [7, 11) is 1.29. The van der Waals surface area contributed by atoms with Gasteiger partial charge in [-0.3, -0.25) is 14.2 Å². The summed E-state index contributed by atoms with van der Waals surface area (Å²) < 4.78 is 6.29. The van der Waals surface area contributed by atoms with Gasteiger partial charge in [0.2, 0.25) is 5.91 Å². The molecule has 1 amide bonds. The van der Waals surface area contributed by atoms with Gasteiger partial charge in [0.15, 0.2) is 5.16 Å². The van der Waals surface area contributed by atoms with Crippen LogP contribution in [0.3, 0.4) is 0 Å². The van der Waals surface area contributed by atoms with Crippen molar-refractivity contribution in [1.29, 1.82) is 0 Å². The molecule has 0 saturated heterocycles. The highest BCUT2D eigenvalue weighted by molar-refractivity contribution is 8.00. The highest BCUT2D eigenvalue weighted by Crippen LogP contribution is 2.26. The lowest BCUT2D eigenvalue weighted by atomic mass is 10.1. The van der Waals surface area contributed by atoms with E-state index in [0.717, 1.165) is 5.56 Å². The number of halogens is 1. The fourth-order valence-corrected chi connectivity index (χ4v) is 4.26. The standard InChI is InChI=1S/C24H26ClN3O4S/c1-14(20(29)27-24(2,3)4)33-23-26-19-12-15(22(31)32-5)10-11-17(19)21(30)28(23)13-16-8-6-7-9-18(16)25/h6-12,14H,13H2,1-5H3,(H,27,29). The molecule has 1 aromatic heterocycles. The third-order valence-electron chi connectivity index (χ3n) is 4.78. The molecule has 33 heavy (non-hydrogen) atoms. The van der Waals surface area contributed by atoms with Gasteiger partial charge >= 0.3 is 5.97 Å². The number of carbonyl (C=O) groups is 2. The van der Waals surface area contributed by atoms with Crippen LogP contribution in [0.15, 0.2) is 52.4 Å². The molecule has 2 aromatic carbocycles. The van der Waals surface area contributed by atoms with Crippen molar-refractivity contribution < 1.29 is 14.3 Å².